The Hall–Kier alpha value is -2.01. The summed E-state index contributed by atoms with van der Waals surface area (Å²) in [7, 11) is 0. The number of carboxylic acids is 1. The normalized spacial score (nSPS) is 10.0. The zero-order valence-electron chi connectivity index (χ0n) is 8.08. The van der Waals surface area contributed by atoms with Crippen molar-refractivity contribution in [3.05, 3.63) is 41.0 Å². The summed E-state index contributed by atoms with van der Waals surface area (Å²) in [4.78, 5) is 26.2. The molecule has 0 unspecified atom stereocenters. The molecule has 4 nitrogen and oxygen atoms in total. The fraction of sp³-hybridized carbons (Fsp3) is 0. The first kappa shape index (κ1) is 10.5. The van der Waals surface area contributed by atoms with Gasteiger partial charge in [0.05, 0.1) is 0 Å². The second-order valence-electron chi connectivity index (χ2n) is 3.09. The molecule has 0 aliphatic heterocycles. The van der Waals surface area contributed by atoms with E-state index in [-0.39, 0.29) is 4.88 Å². The quantitative estimate of drug-likeness (QED) is 0.826. The highest BCUT2D eigenvalue weighted by Gasteiger charge is 2.08. The van der Waals surface area contributed by atoms with Crippen LogP contribution in [-0.2, 0) is 0 Å². The van der Waals surface area contributed by atoms with Gasteiger partial charge in [-0.25, -0.2) is 4.79 Å². The fourth-order valence-electron chi connectivity index (χ4n) is 1.26. The third kappa shape index (κ3) is 1.99. The molecule has 0 aliphatic rings. The Bertz CT molecular complexity index is 548. The van der Waals surface area contributed by atoms with E-state index in [0.29, 0.717) is 11.8 Å². The maximum atomic E-state index is 10.7. The van der Waals surface area contributed by atoms with Crippen LogP contribution >= 0.6 is 11.3 Å². The molecule has 0 amide bonds. The Labute approximate surface area is 95.2 Å². The summed E-state index contributed by atoms with van der Waals surface area (Å²) in [5.41, 5.74) is 1.23. The van der Waals surface area contributed by atoms with Crippen molar-refractivity contribution < 1.29 is 14.7 Å². The molecular formula is C11H7NO3S. The summed E-state index contributed by atoms with van der Waals surface area (Å²) in [6.45, 7) is 0. The van der Waals surface area contributed by atoms with E-state index in [0.717, 1.165) is 21.8 Å². The molecule has 0 bridgehead atoms. The third-order valence-electron chi connectivity index (χ3n) is 2.00. The van der Waals surface area contributed by atoms with Gasteiger partial charge in [-0.15, -0.1) is 11.3 Å². The summed E-state index contributed by atoms with van der Waals surface area (Å²) in [6.07, 6.45) is 3.77. The van der Waals surface area contributed by atoms with E-state index >= 15 is 0 Å². The van der Waals surface area contributed by atoms with Crippen LogP contribution in [0.3, 0.4) is 0 Å². The molecule has 0 saturated carbocycles. The standard InChI is InChI=1S/C11H7NO3S/c13-6-7-3-8(5-12-4-7)9-1-2-10(16-9)11(14)15/h1-6H,(H,14,15). The van der Waals surface area contributed by atoms with Gasteiger partial charge in [0.25, 0.3) is 0 Å². The van der Waals surface area contributed by atoms with E-state index in [1.165, 1.54) is 12.3 Å². The Morgan fingerprint density at radius 3 is 2.81 bits per heavy atom. The number of hydrogen-bond donors (Lipinski definition) is 1. The summed E-state index contributed by atoms with van der Waals surface area (Å²) < 4.78 is 0. The summed E-state index contributed by atoms with van der Waals surface area (Å²) in [5.74, 6) is -0.948. The fourth-order valence-corrected chi connectivity index (χ4v) is 2.09. The van der Waals surface area contributed by atoms with Gasteiger partial charge >= 0.3 is 5.97 Å². The van der Waals surface area contributed by atoms with Crippen molar-refractivity contribution in [2.24, 2.45) is 0 Å². The lowest BCUT2D eigenvalue weighted by atomic mass is 10.2. The molecule has 0 atom stereocenters. The Morgan fingerprint density at radius 2 is 2.19 bits per heavy atom. The monoisotopic (exact) mass is 233 g/mol. The average Bonchev–Trinajstić information content (AvgIpc) is 2.78. The highest BCUT2D eigenvalue weighted by Crippen LogP contribution is 2.27. The number of nitrogens with zero attached hydrogens (tertiary/aromatic N) is 1. The van der Waals surface area contributed by atoms with Gasteiger partial charge in [0.15, 0.2) is 6.29 Å². The second-order valence-corrected chi connectivity index (χ2v) is 4.18. The van der Waals surface area contributed by atoms with E-state index in [2.05, 4.69) is 4.98 Å². The van der Waals surface area contributed by atoms with Crippen LogP contribution in [0.25, 0.3) is 10.4 Å². The molecule has 5 heteroatoms. The minimum absolute atomic E-state index is 0.270. The second kappa shape index (κ2) is 4.24. The van der Waals surface area contributed by atoms with Crippen molar-refractivity contribution in [2.45, 2.75) is 0 Å². The zero-order valence-corrected chi connectivity index (χ0v) is 8.90. The highest BCUT2D eigenvalue weighted by atomic mass is 32.1. The molecule has 0 spiro atoms. The Morgan fingerprint density at radius 1 is 1.38 bits per heavy atom. The van der Waals surface area contributed by atoms with Crippen LogP contribution in [0.2, 0.25) is 0 Å². The van der Waals surface area contributed by atoms with E-state index in [9.17, 15) is 9.59 Å². The van der Waals surface area contributed by atoms with Crippen LogP contribution < -0.4 is 0 Å². The molecule has 1 N–H and O–H groups in total. The van der Waals surface area contributed by atoms with Crippen LogP contribution in [-0.4, -0.2) is 22.3 Å². The number of hydrogen-bond acceptors (Lipinski definition) is 4. The maximum absolute atomic E-state index is 10.7. The van der Waals surface area contributed by atoms with Crippen molar-refractivity contribution in [2.75, 3.05) is 0 Å². The number of aldehydes is 1. The van der Waals surface area contributed by atoms with Crippen molar-refractivity contribution in [1.29, 1.82) is 0 Å². The van der Waals surface area contributed by atoms with E-state index in [1.54, 1.807) is 18.3 Å². The van der Waals surface area contributed by atoms with Gasteiger partial charge < -0.3 is 5.11 Å². The number of carboxylic acid groups (broad SMARTS) is 1. The number of rotatable bonds is 3. The molecule has 16 heavy (non-hydrogen) atoms. The largest absolute Gasteiger partial charge is 0.477 e. The minimum Gasteiger partial charge on any atom is -0.477 e. The molecular weight excluding hydrogens is 226 g/mol. The summed E-state index contributed by atoms with van der Waals surface area (Å²) >= 11 is 1.16. The predicted molar refractivity (Wildman–Crippen MR) is 59.9 cm³/mol. The number of pyridine rings is 1. The number of carbonyl (C=O) groups is 2. The topological polar surface area (TPSA) is 67.3 Å². The molecule has 0 radical (unpaired) electrons. The van der Waals surface area contributed by atoms with Gasteiger partial charge in [-0.1, -0.05) is 0 Å². The Kier molecular flexibility index (Phi) is 2.78. The first-order valence-corrected chi connectivity index (χ1v) is 5.26. The van der Waals surface area contributed by atoms with Crippen LogP contribution in [0.15, 0.2) is 30.6 Å². The molecule has 2 heterocycles. The first-order chi connectivity index (χ1) is 7.70. The SMILES string of the molecule is O=Cc1cncc(-c2ccc(C(=O)O)s2)c1. The van der Waals surface area contributed by atoms with Crippen molar-refractivity contribution in [3.8, 4) is 10.4 Å². The lowest BCUT2D eigenvalue weighted by Crippen LogP contribution is -1.89. The van der Waals surface area contributed by atoms with Gasteiger partial charge in [0.1, 0.15) is 4.88 Å². The van der Waals surface area contributed by atoms with E-state index < -0.39 is 5.97 Å². The van der Waals surface area contributed by atoms with Gasteiger partial charge in [0, 0.05) is 28.4 Å². The Balaban J connectivity index is 2.42. The van der Waals surface area contributed by atoms with E-state index in [4.69, 9.17) is 5.11 Å². The number of aromatic carboxylic acids is 1. The lowest BCUT2D eigenvalue weighted by molar-refractivity contribution is 0.0702. The summed E-state index contributed by atoms with van der Waals surface area (Å²) in [5, 5.41) is 8.78. The molecule has 2 rings (SSSR count). The van der Waals surface area contributed by atoms with Crippen LogP contribution in [0, 0.1) is 0 Å². The van der Waals surface area contributed by atoms with Crippen molar-refractivity contribution in [1.82, 2.24) is 4.98 Å². The number of carbonyl (C=O) groups excluding carboxylic acids is 1. The van der Waals surface area contributed by atoms with Gasteiger partial charge in [-0.2, -0.15) is 0 Å². The zero-order chi connectivity index (χ0) is 11.5. The smallest absolute Gasteiger partial charge is 0.345 e. The molecule has 80 valence electrons. The van der Waals surface area contributed by atoms with Crippen molar-refractivity contribution >= 4 is 23.6 Å². The van der Waals surface area contributed by atoms with Gasteiger partial charge in [-0.3, -0.25) is 9.78 Å². The van der Waals surface area contributed by atoms with Crippen LogP contribution in [0.5, 0.6) is 0 Å². The lowest BCUT2D eigenvalue weighted by Gasteiger charge is -1.96. The first-order valence-electron chi connectivity index (χ1n) is 4.44. The van der Waals surface area contributed by atoms with E-state index in [1.807, 2.05) is 0 Å². The third-order valence-corrected chi connectivity index (χ3v) is 3.12. The van der Waals surface area contributed by atoms with Crippen LogP contribution in [0.1, 0.15) is 20.0 Å². The predicted octanol–water partition coefficient (Wildman–Crippen LogP) is 2.32. The van der Waals surface area contributed by atoms with Gasteiger partial charge in [0.2, 0.25) is 0 Å². The molecule has 0 fully saturated rings. The maximum Gasteiger partial charge on any atom is 0.345 e. The highest BCUT2D eigenvalue weighted by molar-refractivity contribution is 7.17. The molecule has 2 aromatic rings. The molecule has 0 aliphatic carbocycles. The molecule has 0 aromatic carbocycles. The molecule has 2 aromatic heterocycles. The average molecular weight is 233 g/mol. The van der Waals surface area contributed by atoms with Gasteiger partial charge in [-0.05, 0) is 18.2 Å². The summed E-state index contributed by atoms with van der Waals surface area (Å²) in [6, 6.07) is 4.92. The van der Waals surface area contributed by atoms with Crippen LogP contribution in [0.4, 0.5) is 0 Å². The molecule has 0 saturated heterocycles. The number of thiophene rings is 1. The minimum atomic E-state index is -0.948. The number of aromatic nitrogens is 1. The van der Waals surface area contributed by atoms with Crippen molar-refractivity contribution in [3.63, 3.8) is 0 Å².